The van der Waals surface area contributed by atoms with E-state index < -0.39 is 5.97 Å². The topological polar surface area (TPSA) is 72.3 Å². The lowest BCUT2D eigenvalue weighted by atomic mass is 9.91. The van der Waals surface area contributed by atoms with Gasteiger partial charge in [0.05, 0.1) is 13.0 Å². The fraction of sp³-hybridized carbons (Fsp3) is 0.667. The highest BCUT2D eigenvalue weighted by Crippen LogP contribution is 2.34. The monoisotopic (exact) mass is 228 g/mol. The molecule has 2 rings (SSSR count). The lowest BCUT2D eigenvalue weighted by molar-refractivity contribution is -0.136. The molecule has 1 unspecified atom stereocenters. The van der Waals surface area contributed by atoms with Gasteiger partial charge in [-0.25, -0.2) is 0 Å². The van der Waals surface area contributed by atoms with Crippen molar-refractivity contribution in [3.8, 4) is 0 Å². The molecule has 2 heterocycles. The molecule has 6 heteroatoms. The number of hydrogen-bond acceptors (Lipinski definition) is 5. The van der Waals surface area contributed by atoms with Crippen LogP contribution >= 0.6 is 11.3 Å². The van der Waals surface area contributed by atoms with E-state index in [2.05, 4.69) is 17.1 Å². The molecule has 0 spiro atoms. The van der Waals surface area contributed by atoms with Crippen LogP contribution in [0.25, 0.3) is 0 Å². The van der Waals surface area contributed by atoms with E-state index in [4.69, 9.17) is 9.84 Å². The molecule has 0 aromatic carbocycles. The average Bonchev–Trinajstić information content (AvgIpc) is 2.74. The van der Waals surface area contributed by atoms with Crippen molar-refractivity contribution >= 4 is 17.3 Å². The van der Waals surface area contributed by atoms with E-state index >= 15 is 0 Å². The van der Waals surface area contributed by atoms with Crippen LogP contribution in [0.4, 0.5) is 0 Å². The first-order valence-electron chi connectivity index (χ1n) is 4.72. The highest BCUT2D eigenvalue weighted by Gasteiger charge is 2.35. The summed E-state index contributed by atoms with van der Waals surface area (Å²) in [5, 5.41) is 18.0. The Kier molecular flexibility index (Phi) is 2.70. The van der Waals surface area contributed by atoms with E-state index in [1.807, 2.05) is 0 Å². The van der Waals surface area contributed by atoms with Crippen LogP contribution in [0.1, 0.15) is 23.4 Å². The van der Waals surface area contributed by atoms with Gasteiger partial charge in [0.2, 0.25) is 0 Å². The summed E-state index contributed by atoms with van der Waals surface area (Å²) in [5.74, 6) is -0.870. The molecular formula is C9H12N2O3S. The predicted octanol–water partition coefficient (Wildman–Crippen LogP) is 0.843. The van der Waals surface area contributed by atoms with Crippen molar-refractivity contribution < 1.29 is 14.6 Å². The van der Waals surface area contributed by atoms with Crippen molar-refractivity contribution in [2.75, 3.05) is 13.2 Å². The second kappa shape index (κ2) is 3.86. The zero-order valence-electron chi connectivity index (χ0n) is 8.39. The van der Waals surface area contributed by atoms with Gasteiger partial charge in [-0.2, -0.15) is 0 Å². The molecule has 1 fully saturated rings. The average molecular weight is 228 g/mol. The molecule has 0 saturated carbocycles. The molecule has 1 aromatic rings. The third-order valence-electron chi connectivity index (χ3n) is 2.50. The van der Waals surface area contributed by atoms with Crippen LogP contribution in [0.3, 0.4) is 0 Å². The summed E-state index contributed by atoms with van der Waals surface area (Å²) < 4.78 is 5.33. The number of carbonyl (C=O) groups is 1. The SMILES string of the molecule is CC1(c2nnc(CC(=O)O)s2)CCOC1. The largest absolute Gasteiger partial charge is 0.481 e. The maximum Gasteiger partial charge on any atom is 0.310 e. The zero-order valence-corrected chi connectivity index (χ0v) is 9.21. The van der Waals surface area contributed by atoms with Gasteiger partial charge in [-0.1, -0.05) is 6.92 Å². The Balaban J connectivity index is 2.15. The maximum absolute atomic E-state index is 10.5. The van der Waals surface area contributed by atoms with Crippen LogP contribution in [0, 0.1) is 0 Å². The van der Waals surface area contributed by atoms with Crippen molar-refractivity contribution in [1.29, 1.82) is 0 Å². The van der Waals surface area contributed by atoms with Gasteiger partial charge in [0.15, 0.2) is 0 Å². The van der Waals surface area contributed by atoms with Crippen molar-refractivity contribution in [3.05, 3.63) is 10.0 Å². The van der Waals surface area contributed by atoms with E-state index in [9.17, 15) is 4.79 Å². The van der Waals surface area contributed by atoms with Gasteiger partial charge < -0.3 is 9.84 Å². The molecule has 1 atom stereocenters. The van der Waals surface area contributed by atoms with E-state index in [-0.39, 0.29) is 11.8 Å². The molecule has 0 radical (unpaired) electrons. The first-order valence-corrected chi connectivity index (χ1v) is 5.54. The van der Waals surface area contributed by atoms with E-state index in [0.717, 1.165) is 18.0 Å². The number of carboxylic acid groups (broad SMARTS) is 1. The summed E-state index contributed by atoms with van der Waals surface area (Å²) in [7, 11) is 0. The zero-order chi connectivity index (χ0) is 10.9. The second-order valence-electron chi connectivity index (χ2n) is 3.93. The van der Waals surface area contributed by atoms with Crippen LogP contribution in [0.5, 0.6) is 0 Å². The van der Waals surface area contributed by atoms with Gasteiger partial charge in [-0.3, -0.25) is 4.79 Å². The summed E-state index contributed by atoms with van der Waals surface area (Å²) >= 11 is 1.37. The first kappa shape index (κ1) is 10.5. The van der Waals surface area contributed by atoms with E-state index in [1.165, 1.54) is 11.3 Å². The molecule has 82 valence electrons. The van der Waals surface area contributed by atoms with Crippen LogP contribution in [0.2, 0.25) is 0 Å². The van der Waals surface area contributed by atoms with Crippen LogP contribution in [-0.4, -0.2) is 34.5 Å². The molecule has 0 aliphatic carbocycles. The van der Waals surface area contributed by atoms with Crippen molar-refractivity contribution in [1.82, 2.24) is 10.2 Å². The molecule has 0 amide bonds. The van der Waals surface area contributed by atoms with Gasteiger partial charge in [0, 0.05) is 12.0 Å². The molecule has 1 N–H and O–H groups in total. The Bertz CT molecular complexity index is 371. The Labute approximate surface area is 91.1 Å². The number of aliphatic carboxylic acids is 1. The van der Waals surface area contributed by atoms with Gasteiger partial charge in [-0.15, -0.1) is 21.5 Å². The third kappa shape index (κ3) is 2.15. The van der Waals surface area contributed by atoms with Crippen molar-refractivity contribution in [2.24, 2.45) is 0 Å². The lowest BCUT2D eigenvalue weighted by Gasteiger charge is -2.16. The number of aromatic nitrogens is 2. The molecule has 5 nitrogen and oxygen atoms in total. The standard InChI is InChI=1S/C9H12N2O3S/c1-9(2-3-14-5-9)8-11-10-6(15-8)4-7(12)13/h2-5H2,1H3,(H,12,13). The summed E-state index contributed by atoms with van der Waals surface area (Å²) in [6.45, 7) is 3.46. The Hall–Kier alpha value is -1.01. The highest BCUT2D eigenvalue weighted by molar-refractivity contribution is 7.11. The molecule has 15 heavy (non-hydrogen) atoms. The molecule has 1 aliphatic heterocycles. The van der Waals surface area contributed by atoms with Gasteiger partial charge >= 0.3 is 5.97 Å². The smallest absolute Gasteiger partial charge is 0.310 e. The minimum absolute atomic E-state index is 0.0470. The summed E-state index contributed by atoms with van der Waals surface area (Å²) in [4.78, 5) is 10.5. The Morgan fingerprint density at radius 3 is 3.07 bits per heavy atom. The Morgan fingerprint density at radius 2 is 2.47 bits per heavy atom. The number of hydrogen-bond donors (Lipinski definition) is 1. The van der Waals surface area contributed by atoms with Crippen LogP contribution in [-0.2, 0) is 21.4 Å². The summed E-state index contributed by atoms with van der Waals surface area (Å²) in [6, 6.07) is 0. The lowest BCUT2D eigenvalue weighted by Crippen LogP contribution is -2.21. The van der Waals surface area contributed by atoms with Crippen LogP contribution < -0.4 is 0 Å². The minimum Gasteiger partial charge on any atom is -0.481 e. The van der Waals surface area contributed by atoms with Crippen molar-refractivity contribution in [2.45, 2.75) is 25.2 Å². The minimum atomic E-state index is -0.870. The Morgan fingerprint density at radius 1 is 1.67 bits per heavy atom. The van der Waals surface area contributed by atoms with Crippen molar-refractivity contribution in [3.63, 3.8) is 0 Å². The number of ether oxygens (including phenoxy) is 1. The third-order valence-corrected chi connectivity index (χ3v) is 3.73. The quantitative estimate of drug-likeness (QED) is 0.830. The van der Waals surface area contributed by atoms with Gasteiger partial charge in [0.25, 0.3) is 0 Å². The molecule has 1 aliphatic rings. The predicted molar refractivity (Wildman–Crippen MR) is 54.0 cm³/mol. The molecule has 0 bridgehead atoms. The second-order valence-corrected chi connectivity index (χ2v) is 5.00. The fourth-order valence-electron chi connectivity index (χ4n) is 1.53. The molecular weight excluding hydrogens is 216 g/mol. The van der Waals surface area contributed by atoms with Gasteiger partial charge in [-0.05, 0) is 6.42 Å². The number of carboxylic acids is 1. The van der Waals surface area contributed by atoms with E-state index in [0.29, 0.717) is 11.6 Å². The van der Waals surface area contributed by atoms with E-state index in [1.54, 1.807) is 0 Å². The highest BCUT2D eigenvalue weighted by atomic mass is 32.1. The number of rotatable bonds is 3. The summed E-state index contributed by atoms with van der Waals surface area (Å²) in [5.41, 5.74) is -0.0750. The maximum atomic E-state index is 10.5. The first-order chi connectivity index (χ1) is 7.10. The number of nitrogens with zero attached hydrogens (tertiary/aromatic N) is 2. The molecule has 1 saturated heterocycles. The normalized spacial score (nSPS) is 25.7. The molecule has 1 aromatic heterocycles. The fourth-order valence-corrected chi connectivity index (χ4v) is 2.52. The van der Waals surface area contributed by atoms with Gasteiger partial charge in [0.1, 0.15) is 10.0 Å². The summed E-state index contributed by atoms with van der Waals surface area (Å²) in [6.07, 6.45) is 0.878. The van der Waals surface area contributed by atoms with Crippen LogP contribution in [0.15, 0.2) is 0 Å².